The normalized spacial score (nSPS) is 11.1. The monoisotopic (exact) mass is 322 g/mol. The van der Waals surface area contributed by atoms with Gasteiger partial charge in [-0.15, -0.1) is 11.3 Å². The van der Waals surface area contributed by atoms with Gasteiger partial charge in [0.05, 0.1) is 10.4 Å². The zero-order valence-electron chi connectivity index (χ0n) is 11.4. The van der Waals surface area contributed by atoms with E-state index in [1.807, 2.05) is 13.8 Å². The number of benzene rings is 1. The van der Waals surface area contributed by atoms with Crippen molar-refractivity contribution < 1.29 is 4.39 Å². The lowest BCUT2D eigenvalue weighted by molar-refractivity contribution is 0.628. The minimum Gasteiger partial charge on any atom is -0.308 e. The summed E-state index contributed by atoms with van der Waals surface area (Å²) in [7, 11) is 0. The Morgan fingerprint density at radius 1 is 1.29 bits per heavy atom. The van der Waals surface area contributed by atoms with Gasteiger partial charge in [-0.1, -0.05) is 11.6 Å². The fourth-order valence-corrected chi connectivity index (χ4v) is 3.43. The summed E-state index contributed by atoms with van der Waals surface area (Å²) in [5.41, 5.74) is 4.27. The van der Waals surface area contributed by atoms with Crippen LogP contribution >= 0.6 is 22.9 Å². The van der Waals surface area contributed by atoms with Gasteiger partial charge in [-0.2, -0.15) is 0 Å². The number of nitrogens with one attached hydrogen (secondary N) is 1. The molecule has 0 amide bonds. The number of anilines is 1. The molecule has 3 N–H and O–H groups in total. The molecular formula is C14H12ClFN4S. The number of fused-ring (bicyclic) bond motifs is 1. The Balaban J connectivity index is 2.29. The van der Waals surface area contributed by atoms with E-state index in [0.717, 1.165) is 20.7 Å². The Hall–Kier alpha value is -1.76. The zero-order valence-corrected chi connectivity index (χ0v) is 12.9. The first-order valence-electron chi connectivity index (χ1n) is 6.21. The molecule has 0 aliphatic rings. The molecule has 0 saturated carbocycles. The molecule has 108 valence electrons. The predicted molar refractivity (Wildman–Crippen MR) is 85.1 cm³/mol. The van der Waals surface area contributed by atoms with Crippen LogP contribution in [-0.4, -0.2) is 9.97 Å². The molecule has 0 radical (unpaired) electrons. The summed E-state index contributed by atoms with van der Waals surface area (Å²) in [6.45, 7) is 4.02. The zero-order chi connectivity index (χ0) is 15.1. The number of hydrogen-bond donors (Lipinski definition) is 2. The van der Waals surface area contributed by atoms with Gasteiger partial charge in [-0.3, -0.25) is 0 Å². The van der Waals surface area contributed by atoms with Gasteiger partial charge >= 0.3 is 0 Å². The standard InChI is InChI=1S/C14H12ClFN4S/c1-6-7(2)21-14-11(6)13(20-17)18-12(19-14)9-4-3-8(16)5-10(9)15/h3-5H,17H2,1-2H3,(H,18,19,20). The van der Waals surface area contributed by atoms with Gasteiger partial charge in [-0.25, -0.2) is 20.2 Å². The number of thiophene rings is 1. The van der Waals surface area contributed by atoms with Crippen LogP contribution in [0.25, 0.3) is 21.6 Å². The summed E-state index contributed by atoms with van der Waals surface area (Å²) in [5, 5.41) is 1.17. The van der Waals surface area contributed by atoms with E-state index in [-0.39, 0.29) is 5.02 Å². The Bertz CT molecular complexity index is 847. The molecular weight excluding hydrogens is 311 g/mol. The van der Waals surface area contributed by atoms with Crippen LogP contribution in [0.15, 0.2) is 18.2 Å². The number of halogens is 2. The molecule has 0 spiro atoms. The topological polar surface area (TPSA) is 63.8 Å². The Morgan fingerprint density at radius 3 is 2.71 bits per heavy atom. The van der Waals surface area contributed by atoms with Crippen molar-refractivity contribution in [1.29, 1.82) is 0 Å². The smallest absolute Gasteiger partial charge is 0.164 e. The maximum Gasteiger partial charge on any atom is 0.164 e. The largest absolute Gasteiger partial charge is 0.308 e. The Kier molecular flexibility index (Phi) is 3.52. The van der Waals surface area contributed by atoms with Crippen LogP contribution in [0.3, 0.4) is 0 Å². The van der Waals surface area contributed by atoms with E-state index in [0.29, 0.717) is 17.2 Å². The molecule has 0 aliphatic heterocycles. The average Bonchev–Trinajstić information content (AvgIpc) is 2.73. The van der Waals surface area contributed by atoms with Crippen molar-refractivity contribution in [2.45, 2.75) is 13.8 Å². The molecule has 0 aliphatic carbocycles. The summed E-state index contributed by atoms with van der Waals surface area (Å²) in [4.78, 5) is 10.9. The minimum absolute atomic E-state index is 0.266. The number of nitrogens with two attached hydrogens (primary N) is 1. The van der Waals surface area contributed by atoms with Crippen molar-refractivity contribution in [2.24, 2.45) is 5.84 Å². The third-order valence-electron chi connectivity index (χ3n) is 3.34. The van der Waals surface area contributed by atoms with Crippen molar-refractivity contribution >= 4 is 39.0 Å². The molecule has 0 fully saturated rings. The number of nitrogen functional groups attached to an aromatic ring is 1. The van der Waals surface area contributed by atoms with Crippen LogP contribution in [0.5, 0.6) is 0 Å². The van der Waals surface area contributed by atoms with Crippen molar-refractivity contribution in [2.75, 3.05) is 5.43 Å². The van der Waals surface area contributed by atoms with Crippen LogP contribution < -0.4 is 11.3 Å². The number of hydrogen-bond acceptors (Lipinski definition) is 5. The first kappa shape index (κ1) is 14.2. The van der Waals surface area contributed by atoms with E-state index in [1.54, 1.807) is 17.4 Å². The predicted octanol–water partition coefficient (Wildman–Crippen LogP) is 4.05. The van der Waals surface area contributed by atoms with Crippen LogP contribution in [0.2, 0.25) is 5.02 Å². The van der Waals surface area contributed by atoms with E-state index in [9.17, 15) is 4.39 Å². The highest BCUT2D eigenvalue weighted by molar-refractivity contribution is 7.18. The number of rotatable bonds is 2. The highest BCUT2D eigenvalue weighted by atomic mass is 35.5. The van der Waals surface area contributed by atoms with Crippen LogP contribution in [0.4, 0.5) is 10.2 Å². The lowest BCUT2D eigenvalue weighted by Crippen LogP contribution is -2.10. The summed E-state index contributed by atoms with van der Waals surface area (Å²) >= 11 is 7.64. The quantitative estimate of drug-likeness (QED) is 0.552. The van der Waals surface area contributed by atoms with Crippen molar-refractivity contribution in [3.63, 3.8) is 0 Å². The lowest BCUT2D eigenvalue weighted by atomic mass is 10.2. The van der Waals surface area contributed by atoms with E-state index in [4.69, 9.17) is 17.4 Å². The molecule has 21 heavy (non-hydrogen) atoms. The van der Waals surface area contributed by atoms with E-state index < -0.39 is 5.82 Å². The third-order valence-corrected chi connectivity index (χ3v) is 4.75. The molecule has 2 aromatic heterocycles. The molecule has 0 unspecified atom stereocenters. The highest BCUT2D eigenvalue weighted by Gasteiger charge is 2.16. The van der Waals surface area contributed by atoms with Crippen LogP contribution in [-0.2, 0) is 0 Å². The van der Waals surface area contributed by atoms with Gasteiger partial charge in [0, 0.05) is 10.4 Å². The van der Waals surface area contributed by atoms with Crippen molar-refractivity contribution in [3.8, 4) is 11.4 Å². The SMILES string of the molecule is Cc1sc2nc(-c3ccc(F)cc3Cl)nc(NN)c2c1C. The minimum atomic E-state index is -0.398. The molecule has 2 heterocycles. The summed E-state index contributed by atoms with van der Waals surface area (Å²) in [5.74, 6) is 6.13. The van der Waals surface area contributed by atoms with Gasteiger partial charge in [0.2, 0.25) is 0 Å². The maximum atomic E-state index is 13.2. The number of aryl methyl sites for hydroxylation is 2. The summed E-state index contributed by atoms with van der Waals surface area (Å²) < 4.78 is 13.2. The van der Waals surface area contributed by atoms with Crippen LogP contribution in [0, 0.1) is 19.7 Å². The van der Waals surface area contributed by atoms with Gasteiger partial charge in [0.15, 0.2) is 11.6 Å². The molecule has 0 atom stereocenters. The Morgan fingerprint density at radius 2 is 2.05 bits per heavy atom. The Labute approximate surface area is 129 Å². The molecule has 4 nitrogen and oxygen atoms in total. The second-order valence-corrected chi connectivity index (χ2v) is 6.24. The van der Waals surface area contributed by atoms with Crippen molar-refractivity contribution in [1.82, 2.24) is 9.97 Å². The number of nitrogens with zero attached hydrogens (tertiary/aromatic N) is 2. The van der Waals surface area contributed by atoms with Gasteiger partial charge < -0.3 is 5.43 Å². The highest BCUT2D eigenvalue weighted by Crippen LogP contribution is 2.35. The molecule has 0 saturated heterocycles. The first-order valence-corrected chi connectivity index (χ1v) is 7.40. The van der Waals surface area contributed by atoms with E-state index in [1.165, 1.54) is 12.1 Å². The van der Waals surface area contributed by atoms with Crippen molar-refractivity contribution in [3.05, 3.63) is 39.5 Å². The molecule has 3 rings (SSSR count). The van der Waals surface area contributed by atoms with Gasteiger partial charge in [0.25, 0.3) is 0 Å². The molecule has 7 heteroatoms. The van der Waals surface area contributed by atoms with Gasteiger partial charge in [-0.05, 0) is 37.6 Å². The molecule has 3 aromatic rings. The second-order valence-electron chi connectivity index (χ2n) is 4.63. The average molecular weight is 323 g/mol. The maximum absolute atomic E-state index is 13.2. The summed E-state index contributed by atoms with van der Waals surface area (Å²) in [6, 6.07) is 4.13. The molecule has 0 bridgehead atoms. The summed E-state index contributed by atoms with van der Waals surface area (Å²) in [6.07, 6.45) is 0. The number of aromatic nitrogens is 2. The fraction of sp³-hybridized carbons (Fsp3) is 0.143. The fourth-order valence-electron chi connectivity index (χ4n) is 2.15. The number of hydrazine groups is 1. The van der Waals surface area contributed by atoms with E-state index in [2.05, 4.69) is 15.4 Å². The molecule has 1 aromatic carbocycles. The van der Waals surface area contributed by atoms with Crippen LogP contribution in [0.1, 0.15) is 10.4 Å². The third kappa shape index (κ3) is 2.35. The lowest BCUT2D eigenvalue weighted by Gasteiger charge is -2.07. The first-order chi connectivity index (χ1) is 10.0. The second kappa shape index (κ2) is 5.22. The van der Waals surface area contributed by atoms with Gasteiger partial charge in [0.1, 0.15) is 10.6 Å². The van der Waals surface area contributed by atoms with E-state index >= 15 is 0 Å².